The number of benzene rings is 1. The first-order valence-corrected chi connectivity index (χ1v) is 6.28. The molecule has 1 aliphatic heterocycles. The van der Waals surface area contributed by atoms with Crippen molar-refractivity contribution < 1.29 is 20.1 Å². The standard InChI is InChI=1S/C13H18N2O4/c1-8-3-2-4-15(7-8)13(19)14-9-5-10(16)12(18)11(17)6-9/h5-6,8,16-18H,2-4,7H2,1H3,(H,14,19). The second-order valence-corrected chi connectivity index (χ2v) is 4.99. The fraction of sp³-hybridized carbons (Fsp3) is 0.462. The number of anilines is 1. The van der Waals surface area contributed by atoms with Crippen LogP contribution in [0.5, 0.6) is 17.2 Å². The Morgan fingerprint density at radius 1 is 1.32 bits per heavy atom. The van der Waals surface area contributed by atoms with Gasteiger partial charge in [0.15, 0.2) is 17.2 Å². The summed E-state index contributed by atoms with van der Waals surface area (Å²) in [4.78, 5) is 13.7. The maximum absolute atomic E-state index is 12.0. The molecule has 4 N–H and O–H groups in total. The minimum absolute atomic E-state index is 0.246. The summed E-state index contributed by atoms with van der Waals surface area (Å²) in [5.74, 6) is -1.06. The van der Waals surface area contributed by atoms with Gasteiger partial charge in [-0.1, -0.05) is 6.92 Å². The highest BCUT2D eigenvalue weighted by Gasteiger charge is 2.21. The number of likely N-dealkylation sites (tertiary alicyclic amines) is 1. The lowest BCUT2D eigenvalue weighted by molar-refractivity contribution is 0.182. The Morgan fingerprint density at radius 3 is 2.53 bits per heavy atom. The number of piperidine rings is 1. The van der Waals surface area contributed by atoms with Crippen molar-refractivity contribution in [3.63, 3.8) is 0 Å². The molecule has 1 atom stereocenters. The van der Waals surface area contributed by atoms with E-state index in [9.17, 15) is 20.1 Å². The Kier molecular flexibility index (Phi) is 3.69. The number of hydrogen-bond donors (Lipinski definition) is 4. The van der Waals surface area contributed by atoms with Crippen molar-refractivity contribution in [2.24, 2.45) is 5.92 Å². The van der Waals surface area contributed by atoms with Crippen LogP contribution < -0.4 is 5.32 Å². The number of phenolic OH excluding ortho intramolecular Hbond substituents is 3. The van der Waals surface area contributed by atoms with Crippen molar-refractivity contribution in [3.8, 4) is 17.2 Å². The minimum Gasteiger partial charge on any atom is -0.504 e. The van der Waals surface area contributed by atoms with E-state index in [0.717, 1.165) is 12.8 Å². The molecule has 2 rings (SSSR count). The van der Waals surface area contributed by atoms with Crippen LogP contribution in [0, 0.1) is 5.92 Å². The molecular weight excluding hydrogens is 248 g/mol. The number of carbonyl (C=O) groups excluding carboxylic acids is 1. The summed E-state index contributed by atoms with van der Waals surface area (Å²) in [6, 6.07) is 2.12. The van der Waals surface area contributed by atoms with Crippen molar-refractivity contribution in [1.29, 1.82) is 0 Å². The third kappa shape index (κ3) is 3.01. The summed E-state index contributed by atoms with van der Waals surface area (Å²) in [6.07, 6.45) is 2.09. The molecule has 1 unspecified atom stereocenters. The molecule has 0 saturated carbocycles. The van der Waals surface area contributed by atoms with Gasteiger partial charge in [-0.2, -0.15) is 0 Å². The molecule has 0 aromatic heterocycles. The summed E-state index contributed by atoms with van der Waals surface area (Å²) < 4.78 is 0. The molecule has 1 aromatic rings. The number of amides is 2. The van der Waals surface area contributed by atoms with E-state index in [1.807, 2.05) is 0 Å². The number of nitrogens with zero attached hydrogens (tertiary/aromatic N) is 1. The Balaban J connectivity index is 2.06. The molecule has 0 bridgehead atoms. The molecule has 1 heterocycles. The van der Waals surface area contributed by atoms with Crippen LogP contribution in [0.1, 0.15) is 19.8 Å². The molecule has 6 heteroatoms. The average Bonchev–Trinajstić information content (AvgIpc) is 2.36. The van der Waals surface area contributed by atoms with Gasteiger partial charge in [-0.3, -0.25) is 0 Å². The number of phenols is 3. The van der Waals surface area contributed by atoms with Gasteiger partial charge in [-0.25, -0.2) is 4.79 Å². The number of hydrogen-bond acceptors (Lipinski definition) is 4. The number of aromatic hydroxyl groups is 3. The smallest absolute Gasteiger partial charge is 0.321 e. The number of nitrogens with one attached hydrogen (secondary N) is 1. The lowest BCUT2D eigenvalue weighted by Gasteiger charge is -2.30. The van der Waals surface area contributed by atoms with Gasteiger partial charge in [-0.15, -0.1) is 0 Å². The molecule has 1 fully saturated rings. The van der Waals surface area contributed by atoms with Crippen LogP contribution in [0.25, 0.3) is 0 Å². The largest absolute Gasteiger partial charge is 0.504 e. The lowest BCUT2D eigenvalue weighted by atomic mass is 10.0. The second-order valence-electron chi connectivity index (χ2n) is 4.99. The molecule has 1 aliphatic rings. The molecular formula is C13H18N2O4. The van der Waals surface area contributed by atoms with Crippen LogP contribution in [-0.4, -0.2) is 39.3 Å². The summed E-state index contributed by atoms with van der Waals surface area (Å²) >= 11 is 0. The molecule has 0 aliphatic carbocycles. The van der Waals surface area contributed by atoms with Crippen LogP contribution in [0.3, 0.4) is 0 Å². The van der Waals surface area contributed by atoms with E-state index in [4.69, 9.17) is 0 Å². The Morgan fingerprint density at radius 2 is 1.95 bits per heavy atom. The van der Waals surface area contributed by atoms with Crippen LogP contribution in [0.15, 0.2) is 12.1 Å². The van der Waals surface area contributed by atoms with Gasteiger partial charge in [0.1, 0.15) is 0 Å². The van der Waals surface area contributed by atoms with Crippen LogP contribution in [0.2, 0.25) is 0 Å². The predicted octanol–water partition coefficient (Wildman–Crippen LogP) is 2.07. The van der Waals surface area contributed by atoms with Crippen molar-refractivity contribution in [2.45, 2.75) is 19.8 Å². The zero-order valence-corrected chi connectivity index (χ0v) is 10.8. The Labute approximate surface area is 111 Å². The fourth-order valence-electron chi connectivity index (χ4n) is 2.25. The highest BCUT2D eigenvalue weighted by atomic mass is 16.3. The zero-order chi connectivity index (χ0) is 14.0. The highest BCUT2D eigenvalue weighted by molar-refractivity contribution is 5.90. The van der Waals surface area contributed by atoms with Gasteiger partial charge in [0.2, 0.25) is 0 Å². The van der Waals surface area contributed by atoms with Gasteiger partial charge in [0.25, 0.3) is 0 Å². The lowest BCUT2D eigenvalue weighted by Crippen LogP contribution is -2.41. The van der Waals surface area contributed by atoms with Crippen LogP contribution in [0.4, 0.5) is 10.5 Å². The summed E-state index contributed by atoms with van der Waals surface area (Å²) in [6.45, 7) is 3.49. The van der Waals surface area contributed by atoms with Gasteiger partial charge < -0.3 is 25.5 Å². The first-order valence-electron chi connectivity index (χ1n) is 6.28. The van der Waals surface area contributed by atoms with E-state index in [1.54, 1.807) is 4.90 Å². The second kappa shape index (κ2) is 5.26. The van der Waals surface area contributed by atoms with Gasteiger partial charge in [0.05, 0.1) is 5.69 Å². The maximum Gasteiger partial charge on any atom is 0.321 e. The molecule has 1 saturated heterocycles. The first-order chi connectivity index (χ1) is 8.97. The van der Waals surface area contributed by atoms with Crippen LogP contribution >= 0.6 is 0 Å². The Hall–Kier alpha value is -2.11. The van der Waals surface area contributed by atoms with Gasteiger partial charge >= 0.3 is 6.03 Å². The van der Waals surface area contributed by atoms with Crippen molar-refractivity contribution in [1.82, 2.24) is 4.90 Å². The normalized spacial score (nSPS) is 19.2. The average molecular weight is 266 g/mol. The highest BCUT2D eigenvalue weighted by Crippen LogP contribution is 2.37. The van der Waals surface area contributed by atoms with E-state index in [-0.39, 0.29) is 11.7 Å². The molecule has 1 aromatic carbocycles. The minimum atomic E-state index is -0.593. The number of carbonyl (C=O) groups is 1. The monoisotopic (exact) mass is 266 g/mol. The third-order valence-corrected chi connectivity index (χ3v) is 3.27. The van der Waals surface area contributed by atoms with E-state index in [0.29, 0.717) is 19.0 Å². The third-order valence-electron chi connectivity index (χ3n) is 3.27. The maximum atomic E-state index is 12.0. The zero-order valence-electron chi connectivity index (χ0n) is 10.8. The molecule has 19 heavy (non-hydrogen) atoms. The van der Waals surface area contributed by atoms with E-state index in [2.05, 4.69) is 12.2 Å². The molecule has 2 amide bonds. The van der Waals surface area contributed by atoms with E-state index >= 15 is 0 Å². The number of rotatable bonds is 1. The fourth-order valence-corrected chi connectivity index (χ4v) is 2.25. The topological polar surface area (TPSA) is 93.0 Å². The van der Waals surface area contributed by atoms with E-state index in [1.165, 1.54) is 12.1 Å². The quantitative estimate of drug-likeness (QED) is 0.462. The SMILES string of the molecule is CC1CCCN(C(=O)Nc2cc(O)c(O)c(O)c2)C1. The molecule has 0 spiro atoms. The predicted molar refractivity (Wildman–Crippen MR) is 70.4 cm³/mol. The van der Waals surface area contributed by atoms with Crippen LogP contribution in [-0.2, 0) is 0 Å². The molecule has 6 nitrogen and oxygen atoms in total. The molecule has 0 radical (unpaired) electrons. The van der Waals surface area contributed by atoms with Crippen molar-refractivity contribution in [2.75, 3.05) is 18.4 Å². The van der Waals surface area contributed by atoms with Gasteiger partial charge in [-0.05, 0) is 18.8 Å². The van der Waals surface area contributed by atoms with E-state index < -0.39 is 17.2 Å². The molecule has 104 valence electrons. The summed E-state index contributed by atoms with van der Waals surface area (Å²) in [7, 11) is 0. The van der Waals surface area contributed by atoms with Crippen molar-refractivity contribution >= 4 is 11.7 Å². The summed E-state index contributed by atoms with van der Waals surface area (Å²) in [5.41, 5.74) is 0.246. The summed E-state index contributed by atoms with van der Waals surface area (Å²) in [5, 5.41) is 30.6. The Bertz CT molecular complexity index is 467. The van der Waals surface area contributed by atoms with Gasteiger partial charge in [0, 0.05) is 25.2 Å². The first kappa shape index (κ1) is 13.3. The number of urea groups is 1. The van der Waals surface area contributed by atoms with Crippen molar-refractivity contribution in [3.05, 3.63) is 12.1 Å².